The molecule has 1 aromatic heterocycles. The van der Waals surface area contributed by atoms with E-state index in [1.807, 2.05) is 36.9 Å². The number of rotatable bonds is 6. The SMILES string of the molecule is CCN(c1nncc(Nc2cc(C)ccc2OC)n1)C1CCS(=O)(=O)C1. The van der Waals surface area contributed by atoms with E-state index in [1.54, 1.807) is 7.11 Å². The fourth-order valence-corrected chi connectivity index (χ4v) is 4.85. The molecule has 9 heteroatoms. The Balaban J connectivity index is 1.85. The van der Waals surface area contributed by atoms with Crippen molar-refractivity contribution in [1.29, 1.82) is 0 Å². The minimum atomic E-state index is -2.98. The summed E-state index contributed by atoms with van der Waals surface area (Å²) in [6.07, 6.45) is 2.12. The lowest BCUT2D eigenvalue weighted by atomic mass is 10.2. The lowest BCUT2D eigenvalue weighted by Gasteiger charge is -2.26. The molecule has 1 saturated heterocycles. The highest BCUT2D eigenvalue weighted by atomic mass is 32.2. The van der Waals surface area contributed by atoms with Crippen LogP contribution in [0.4, 0.5) is 17.5 Å². The van der Waals surface area contributed by atoms with Crippen molar-refractivity contribution < 1.29 is 13.2 Å². The van der Waals surface area contributed by atoms with Crippen molar-refractivity contribution >= 4 is 27.3 Å². The Hall–Kier alpha value is -2.42. The van der Waals surface area contributed by atoms with Gasteiger partial charge >= 0.3 is 0 Å². The molecule has 8 nitrogen and oxygen atoms in total. The van der Waals surface area contributed by atoms with E-state index >= 15 is 0 Å². The molecule has 26 heavy (non-hydrogen) atoms. The standard InChI is InChI=1S/C17H23N5O3S/c1-4-22(13-7-8-26(23,24)11-13)17-20-16(10-18-21-17)19-14-9-12(2)5-6-15(14)25-3/h5-6,9-10,13H,4,7-8,11H2,1-3H3,(H,19,20,21). The maximum Gasteiger partial charge on any atom is 0.247 e. The van der Waals surface area contributed by atoms with E-state index in [4.69, 9.17) is 4.74 Å². The third kappa shape index (κ3) is 4.04. The molecule has 0 radical (unpaired) electrons. The molecule has 0 aliphatic carbocycles. The highest BCUT2D eigenvalue weighted by Gasteiger charge is 2.33. The summed E-state index contributed by atoms with van der Waals surface area (Å²) in [6.45, 7) is 4.56. The van der Waals surface area contributed by atoms with Crippen molar-refractivity contribution in [3.63, 3.8) is 0 Å². The van der Waals surface area contributed by atoms with Crippen LogP contribution in [0.15, 0.2) is 24.4 Å². The fraction of sp³-hybridized carbons (Fsp3) is 0.471. The summed E-state index contributed by atoms with van der Waals surface area (Å²) in [7, 11) is -1.37. The number of nitrogens with zero attached hydrogens (tertiary/aromatic N) is 4. The maximum atomic E-state index is 11.8. The Bertz CT molecular complexity index is 888. The van der Waals surface area contributed by atoms with Crippen LogP contribution in [0.25, 0.3) is 0 Å². The molecule has 1 aliphatic heterocycles. The number of hydrogen-bond donors (Lipinski definition) is 1. The maximum absolute atomic E-state index is 11.8. The Kier molecular flexibility index (Phi) is 5.26. The zero-order valence-electron chi connectivity index (χ0n) is 15.1. The predicted octanol–water partition coefficient (Wildman–Crippen LogP) is 1.95. The summed E-state index contributed by atoms with van der Waals surface area (Å²) in [5, 5.41) is 11.3. The Morgan fingerprint density at radius 2 is 2.19 bits per heavy atom. The van der Waals surface area contributed by atoms with Gasteiger partial charge in [0.1, 0.15) is 5.75 Å². The normalized spacial score (nSPS) is 18.5. The highest BCUT2D eigenvalue weighted by Crippen LogP contribution is 2.28. The highest BCUT2D eigenvalue weighted by molar-refractivity contribution is 7.91. The molecule has 0 saturated carbocycles. The van der Waals surface area contributed by atoms with Gasteiger partial charge in [0.2, 0.25) is 5.95 Å². The van der Waals surface area contributed by atoms with Crippen molar-refractivity contribution in [2.45, 2.75) is 26.3 Å². The molecule has 0 amide bonds. The lowest BCUT2D eigenvalue weighted by molar-refractivity contribution is 0.416. The van der Waals surface area contributed by atoms with Gasteiger partial charge < -0.3 is 15.0 Å². The number of ether oxygens (including phenoxy) is 1. The predicted molar refractivity (Wildman–Crippen MR) is 101 cm³/mol. The Labute approximate surface area is 153 Å². The van der Waals surface area contributed by atoms with Gasteiger partial charge in [-0.2, -0.15) is 10.1 Å². The first-order valence-electron chi connectivity index (χ1n) is 8.50. The summed E-state index contributed by atoms with van der Waals surface area (Å²) >= 11 is 0. The van der Waals surface area contributed by atoms with Crippen LogP contribution in [0, 0.1) is 6.92 Å². The van der Waals surface area contributed by atoms with E-state index in [1.165, 1.54) is 6.20 Å². The molecule has 1 atom stereocenters. The molecule has 1 aliphatic rings. The van der Waals surface area contributed by atoms with Gasteiger partial charge in [0.25, 0.3) is 0 Å². The number of aryl methyl sites for hydroxylation is 1. The average Bonchev–Trinajstić information content (AvgIpc) is 2.96. The third-order valence-electron chi connectivity index (χ3n) is 4.41. The van der Waals surface area contributed by atoms with Crippen LogP contribution in [0.3, 0.4) is 0 Å². The van der Waals surface area contributed by atoms with E-state index in [0.29, 0.717) is 30.5 Å². The largest absolute Gasteiger partial charge is 0.495 e. The van der Waals surface area contributed by atoms with Crippen molar-refractivity contribution in [3.05, 3.63) is 30.0 Å². The van der Waals surface area contributed by atoms with Gasteiger partial charge in [0.05, 0.1) is 30.5 Å². The van der Waals surface area contributed by atoms with Crippen LogP contribution in [-0.4, -0.2) is 54.8 Å². The molecule has 1 unspecified atom stereocenters. The third-order valence-corrected chi connectivity index (χ3v) is 6.16. The first-order chi connectivity index (χ1) is 12.4. The van der Waals surface area contributed by atoms with E-state index in [0.717, 1.165) is 11.3 Å². The number of benzene rings is 1. The molecule has 1 aromatic carbocycles. The monoisotopic (exact) mass is 377 g/mol. The number of nitrogens with one attached hydrogen (secondary N) is 1. The zero-order chi connectivity index (χ0) is 18.7. The average molecular weight is 377 g/mol. The van der Waals surface area contributed by atoms with Crippen LogP contribution in [0.2, 0.25) is 0 Å². The van der Waals surface area contributed by atoms with Gasteiger partial charge in [-0.05, 0) is 38.0 Å². The quantitative estimate of drug-likeness (QED) is 0.816. The molecule has 0 spiro atoms. The summed E-state index contributed by atoms with van der Waals surface area (Å²) in [4.78, 5) is 6.43. The van der Waals surface area contributed by atoms with Crippen molar-refractivity contribution in [1.82, 2.24) is 15.2 Å². The van der Waals surface area contributed by atoms with Gasteiger partial charge in [-0.25, -0.2) is 8.42 Å². The molecule has 140 valence electrons. The van der Waals surface area contributed by atoms with E-state index in [-0.39, 0.29) is 17.5 Å². The minimum Gasteiger partial charge on any atom is -0.495 e. The lowest BCUT2D eigenvalue weighted by Crippen LogP contribution is -2.37. The molecule has 2 aromatic rings. The van der Waals surface area contributed by atoms with Crippen molar-refractivity contribution in [2.24, 2.45) is 0 Å². The first kappa shape index (κ1) is 18.4. The summed E-state index contributed by atoms with van der Waals surface area (Å²) in [6, 6.07) is 5.69. The zero-order valence-corrected chi connectivity index (χ0v) is 16.0. The van der Waals surface area contributed by atoms with Gasteiger partial charge in [-0.15, -0.1) is 5.10 Å². The van der Waals surface area contributed by atoms with E-state index in [2.05, 4.69) is 20.5 Å². The second-order valence-corrected chi connectivity index (χ2v) is 8.54. The Morgan fingerprint density at radius 1 is 1.38 bits per heavy atom. The molecule has 0 bridgehead atoms. The summed E-state index contributed by atoms with van der Waals surface area (Å²) in [5.74, 6) is 1.99. The topological polar surface area (TPSA) is 97.3 Å². The van der Waals surface area contributed by atoms with Gasteiger partial charge in [-0.3, -0.25) is 0 Å². The second kappa shape index (κ2) is 7.45. The number of methoxy groups -OCH3 is 1. The minimum absolute atomic E-state index is 0.115. The fourth-order valence-electron chi connectivity index (χ4n) is 3.12. The van der Waals surface area contributed by atoms with Gasteiger partial charge in [-0.1, -0.05) is 6.07 Å². The van der Waals surface area contributed by atoms with E-state index < -0.39 is 9.84 Å². The number of aromatic nitrogens is 3. The number of anilines is 3. The van der Waals surface area contributed by atoms with Crippen LogP contribution < -0.4 is 15.0 Å². The van der Waals surface area contributed by atoms with E-state index in [9.17, 15) is 8.42 Å². The van der Waals surface area contributed by atoms with Crippen LogP contribution in [-0.2, 0) is 9.84 Å². The second-order valence-electron chi connectivity index (χ2n) is 6.31. The number of sulfone groups is 1. The van der Waals surface area contributed by atoms with Crippen LogP contribution in [0.1, 0.15) is 18.9 Å². The van der Waals surface area contributed by atoms with Crippen LogP contribution in [0.5, 0.6) is 5.75 Å². The molecule has 1 N–H and O–H groups in total. The van der Waals surface area contributed by atoms with Crippen molar-refractivity contribution in [2.75, 3.05) is 35.4 Å². The number of hydrogen-bond acceptors (Lipinski definition) is 8. The van der Waals surface area contributed by atoms with Gasteiger partial charge in [0, 0.05) is 12.6 Å². The molecule has 1 fully saturated rings. The first-order valence-corrected chi connectivity index (χ1v) is 10.3. The summed E-state index contributed by atoms with van der Waals surface area (Å²) < 4.78 is 29.0. The molecular weight excluding hydrogens is 354 g/mol. The van der Waals surface area contributed by atoms with Gasteiger partial charge in [0.15, 0.2) is 15.7 Å². The smallest absolute Gasteiger partial charge is 0.247 e. The molecule has 2 heterocycles. The van der Waals surface area contributed by atoms with Crippen molar-refractivity contribution in [3.8, 4) is 5.75 Å². The molecular formula is C17H23N5O3S. The Morgan fingerprint density at radius 3 is 2.85 bits per heavy atom. The van der Waals surface area contributed by atoms with Crippen LogP contribution >= 0.6 is 0 Å². The molecule has 3 rings (SSSR count). The summed E-state index contributed by atoms with van der Waals surface area (Å²) in [5.41, 5.74) is 1.87.